The number of carboxylic acid groups (broad SMARTS) is 1. The van der Waals surface area contributed by atoms with Crippen molar-refractivity contribution in [2.75, 3.05) is 4.90 Å². The number of hydrogen-bond donors (Lipinski definition) is 1. The lowest BCUT2D eigenvalue weighted by molar-refractivity contribution is -0.0523. The number of halogens is 4. The Labute approximate surface area is 162 Å². The number of aromatic nitrogens is 1. The fourth-order valence-corrected chi connectivity index (χ4v) is 2.71. The van der Waals surface area contributed by atoms with Gasteiger partial charge in [-0.25, -0.2) is 13.6 Å². The number of aromatic carboxylic acids is 1. The molecule has 0 aliphatic carbocycles. The van der Waals surface area contributed by atoms with E-state index in [4.69, 9.17) is 0 Å². The molecule has 0 fully saturated rings. The lowest BCUT2D eigenvalue weighted by Gasteiger charge is -2.26. The third-order valence-corrected chi connectivity index (χ3v) is 3.98. The molecule has 0 aliphatic rings. The Hall–Kier alpha value is -3.62. The monoisotopic (exact) mass is 406 g/mol. The second-order valence-electron chi connectivity index (χ2n) is 5.92. The lowest BCUT2D eigenvalue weighted by atomic mass is 10.1. The zero-order valence-electron chi connectivity index (χ0n) is 14.7. The number of nitrogens with zero attached hydrogens (tertiary/aromatic N) is 2. The summed E-state index contributed by atoms with van der Waals surface area (Å²) in [5, 5.41) is 9.22. The van der Waals surface area contributed by atoms with E-state index in [0.717, 1.165) is 6.07 Å². The molecule has 0 saturated carbocycles. The van der Waals surface area contributed by atoms with Crippen molar-refractivity contribution in [3.05, 3.63) is 83.7 Å². The number of carboxylic acids is 1. The molecule has 0 atom stereocenters. The van der Waals surface area contributed by atoms with Gasteiger partial charge in [-0.05, 0) is 29.8 Å². The van der Waals surface area contributed by atoms with Gasteiger partial charge in [-0.2, -0.15) is 8.78 Å². The van der Waals surface area contributed by atoms with Gasteiger partial charge in [-0.1, -0.05) is 12.1 Å². The third-order valence-electron chi connectivity index (χ3n) is 3.98. The van der Waals surface area contributed by atoms with Crippen LogP contribution >= 0.6 is 0 Å². The van der Waals surface area contributed by atoms with Crippen LogP contribution in [0.4, 0.5) is 28.9 Å². The van der Waals surface area contributed by atoms with Gasteiger partial charge in [-0.15, -0.1) is 0 Å². The third kappa shape index (κ3) is 4.81. The van der Waals surface area contributed by atoms with Crippen molar-refractivity contribution in [2.24, 2.45) is 0 Å². The molecule has 0 radical (unpaired) electrons. The van der Waals surface area contributed by atoms with Gasteiger partial charge >= 0.3 is 12.6 Å². The van der Waals surface area contributed by atoms with E-state index in [1.807, 2.05) is 0 Å². The summed E-state index contributed by atoms with van der Waals surface area (Å²) in [4.78, 5) is 16.6. The highest BCUT2D eigenvalue weighted by molar-refractivity contribution is 5.89. The molecule has 3 rings (SSSR count). The maximum Gasteiger partial charge on any atom is 0.387 e. The molecule has 29 heavy (non-hydrogen) atoms. The van der Waals surface area contributed by atoms with Crippen LogP contribution in [0.25, 0.3) is 0 Å². The molecular formula is C20H14F4N2O3. The Bertz CT molecular complexity index is 1020. The first-order chi connectivity index (χ1) is 13.8. The first-order valence-corrected chi connectivity index (χ1v) is 8.29. The molecule has 0 amide bonds. The molecule has 1 N–H and O–H groups in total. The number of ether oxygens (including phenoxy) is 1. The molecule has 3 aromatic rings. The molecule has 0 bridgehead atoms. The van der Waals surface area contributed by atoms with Gasteiger partial charge in [-0.3, -0.25) is 4.98 Å². The Morgan fingerprint density at radius 2 is 1.90 bits per heavy atom. The van der Waals surface area contributed by atoms with Crippen LogP contribution in [0.3, 0.4) is 0 Å². The van der Waals surface area contributed by atoms with Crippen molar-refractivity contribution in [2.45, 2.75) is 13.2 Å². The van der Waals surface area contributed by atoms with Gasteiger partial charge in [0.2, 0.25) is 0 Å². The minimum atomic E-state index is -3.31. The zero-order chi connectivity index (χ0) is 21.0. The number of carbonyl (C=O) groups is 1. The fourth-order valence-electron chi connectivity index (χ4n) is 2.71. The van der Waals surface area contributed by atoms with Gasteiger partial charge in [0.05, 0.1) is 11.3 Å². The van der Waals surface area contributed by atoms with E-state index in [1.165, 1.54) is 41.6 Å². The predicted octanol–water partition coefficient (Wildman–Crippen LogP) is 5.00. The number of anilines is 2. The van der Waals surface area contributed by atoms with E-state index >= 15 is 0 Å². The average Bonchev–Trinajstić information content (AvgIpc) is 2.69. The Morgan fingerprint density at radius 1 is 1.10 bits per heavy atom. The highest BCUT2D eigenvalue weighted by atomic mass is 19.3. The van der Waals surface area contributed by atoms with Crippen LogP contribution in [-0.4, -0.2) is 22.7 Å². The zero-order valence-corrected chi connectivity index (χ0v) is 14.7. The standard InChI is InChI=1S/C20H14F4N2O3/c21-15-9-18(29-20(23)24)16(22)8-17(15)26(11-12-3-2-6-25-10-12)14-5-1-4-13(7-14)19(27)28/h1-10,20H,11H2,(H,27,28). The molecule has 150 valence electrons. The molecule has 9 heteroatoms. The average molecular weight is 406 g/mol. The van der Waals surface area contributed by atoms with E-state index in [-0.39, 0.29) is 23.5 Å². The first-order valence-electron chi connectivity index (χ1n) is 8.29. The lowest BCUT2D eigenvalue weighted by Crippen LogP contribution is -2.19. The SMILES string of the molecule is O=C(O)c1cccc(N(Cc2cccnc2)c2cc(F)c(OC(F)F)cc2F)c1. The highest BCUT2D eigenvalue weighted by Crippen LogP contribution is 2.34. The maximum absolute atomic E-state index is 14.7. The summed E-state index contributed by atoms with van der Waals surface area (Å²) in [6, 6.07) is 10.2. The van der Waals surface area contributed by atoms with Crippen LogP contribution < -0.4 is 9.64 Å². The van der Waals surface area contributed by atoms with E-state index in [0.29, 0.717) is 11.6 Å². The smallest absolute Gasteiger partial charge is 0.387 e. The quantitative estimate of drug-likeness (QED) is 0.560. The second-order valence-corrected chi connectivity index (χ2v) is 5.92. The van der Waals surface area contributed by atoms with E-state index < -0.39 is 30.0 Å². The number of pyridine rings is 1. The van der Waals surface area contributed by atoms with Crippen molar-refractivity contribution in [1.82, 2.24) is 4.98 Å². The van der Waals surface area contributed by atoms with Gasteiger partial charge in [0.1, 0.15) is 0 Å². The summed E-state index contributed by atoms with van der Waals surface area (Å²) in [5.41, 5.74) is 0.545. The molecule has 0 saturated heterocycles. The van der Waals surface area contributed by atoms with Crippen LogP contribution in [0, 0.1) is 11.6 Å². The summed E-state index contributed by atoms with van der Waals surface area (Å²) >= 11 is 0. The van der Waals surface area contributed by atoms with E-state index in [1.54, 1.807) is 12.1 Å². The Balaban J connectivity index is 2.09. The van der Waals surface area contributed by atoms with Crippen LogP contribution in [0.1, 0.15) is 15.9 Å². The van der Waals surface area contributed by atoms with Crippen LogP contribution in [0.5, 0.6) is 5.75 Å². The van der Waals surface area contributed by atoms with Gasteiger partial charge in [0.25, 0.3) is 0 Å². The molecule has 5 nitrogen and oxygen atoms in total. The normalized spacial score (nSPS) is 10.8. The van der Waals surface area contributed by atoms with Gasteiger partial charge in [0, 0.05) is 36.8 Å². The molecule has 0 aliphatic heterocycles. The van der Waals surface area contributed by atoms with Crippen molar-refractivity contribution in [1.29, 1.82) is 0 Å². The Kier molecular flexibility index (Phi) is 5.96. The first kappa shape index (κ1) is 20.1. The minimum Gasteiger partial charge on any atom is -0.478 e. The molecule has 2 aromatic carbocycles. The Morgan fingerprint density at radius 3 is 2.55 bits per heavy atom. The molecule has 1 aromatic heterocycles. The van der Waals surface area contributed by atoms with Gasteiger partial charge < -0.3 is 14.7 Å². The summed E-state index contributed by atoms with van der Waals surface area (Å²) in [7, 11) is 0. The summed E-state index contributed by atoms with van der Waals surface area (Å²) in [5.74, 6) is -4.33. The van der Waals surface area contributed by atoms with E-state index in [2.05, 4.69) is 9.72 Å². The maximum atomic E-state index is 14.7. The predicted molar refractivity (Wildman–Crippen MR) is 96.5 cm³/mol. The number of benzene rings is 2. The largest absolute Gasteiger partial charge is 0.478 e. The van der Waals surface area contributed by atoms with Crippen LogP contribution in [0.2, 0.25) is 0 Å². The van der Waals surface area contributed by atoms with Gasteiger partial charge in [0.15, 0.2) is 17.4 Å². The minimum absolute atomic E-state index is 0.0162. The fraction of sp³-hybridized carbons (Fsp3) is 0.100. The number of rotatable bonds is 7. The van der Waals surface area contributed by atoms with Crippen LogP contribution in [-0.2, 0) is 6.54 Å². The van der Waals surface area contributed by atoms with Crippen LogP contribution in [0.15, 0.2) is 60.9 Å². The van der Waals surface area contributed by atoms with Crippen molar-refractivity contribution < 1.29 is 32.2 Å². The number of alkyl halides is 2. The highest BCUT2D eigenvalue weighted by Gasteiger charge is 2.21. The molecule has 0 unspecified atom stereocenters. The number of hydrogen-bond acceptors (Lipinski definition) is 4. The van der Waals surface area contributed by atoms with Crippen molar-refractivity contribution in [3.8, 4) is 5.75 Å². The summed E-state index contributed by atoms with van der Waals surface area (Å²) in [6.07, 6.45) is 3.05. The van der Waals surface area contributed by atoms with Crippen molar-refractivity contribution >= 4 is 17.3 Å². The van der Waals surface area contributed by atoms with E-state index in [9.17, 15) is 27.5 Å². The summed E-state index contributed by atoms with van der Waals surface area (Å²) < 4.78 is 57.7. The summed E-state index contributed by atoms with van der Waals surface area (Å²) in [6.45, 7) is -3.30. The topological polar surface area (TPSA) is 62.7 Å². The molecule has 1 heterocycles. The van der Waals surface area contributed by atoms with Crippen molar-refractivity contribution in [3.63, 3.8) is 0 Å². The molecule has 0 spiro atoms. The molecular weight excluding hydrogens is 392 g/mol. The second kappa shape index (κ2) is 8.59.